The van der Waals surface area contributed by atoms with Crippen LogP contribution in [-0.2, 0) is 17.8 Å². The number of rotatable bonds is 5. The van der Waals surface area contributed by atoms with Crippen molar-refractivity contribution in [2.75, 3.05) is 5.75 Å². The summed E-state index contributed by atoms with van der Waals surface area (Å²) in [5.74, 6) is 0.146. The molecule has 0 spiro atoms. The predicted molar refractivity (Wildman–Crippen MR) is 129 cm³/mol. The Bertz CT molecular complexity index is 1400. The van der Waals surface area contributed by atoms with Crippen molar-refractivity contribution in [3.8, 4) is 5.69 Å². The molecule has 33 heavy (non-hydrogen) atoms. The summed E-state index contributed by atoms with van der Waals surface area (Å²) < 4.78 is 7.48. The van der Waals surface area contributed by atoms with Gasteiger partial charge in [0.15, 0.2) is 16.6 Å². The molecule has 0 bridgehead atoms. The molecule has 3 heterocycles. The lowest BCUT2D eigenvalue weighted by Gasteiger charge is -2.31. The van der Waals surface area contributed by atoms with Crippen LogP contribution in [0.25, 0.3) is 16.7 Å². The molecule has 0 radical (unpaired) electrons. The maximum atomic E-state index is 13.6. The molecule has 0 atom stereocenters. The second-order valence-electron chi connectivity index (χ2n) is 8.64. The van der Waals surface area contributed by atoms with E-state index in [2.05, 4.69) is 0 Å². The average molecular weight is 458 g/mol. The lowest BCUT2D eigenvalue weighted by molar-refractivity contribution is -0.0411. The molecule has 0 fully saturated rings. The number of ketones is 1. The summed E-state index contributed by atoms with van der Waals surface area (Å²) in [7, 11) is 0. The van der Waals surface area contributed by atoms with Crippen molar-refractivity contribution in [3.63, 3.8) is 0 Å². The van der Waals surface area contributed by atoms with Crippen LogP contribution < -0.4 is 5.56 Å². The van der Waals surface area contributed by atoms with Gasteiger partial charge in [0, 0.05) is 17.5 Å². The molecule has 0 amide bonds. The highest BCUT2D eigenvalue weighted by Crippen LogP contribution is 2.29. The van der Waals surface area contributed by atoms with E-state index in [-0.39, 0.29) is 22.7 Å². The van der Waals surface area contributed by atoms with Gasteiger partial charge in [-0.25, -0.2) is 9.97 Å². The first kappa shape index (κ1) is 21.6. The normalized spacial score (nSPS) is 14.7. The fourth-order valence-corrected chi connectivity index (χ4v) is 4.81. The van der Waals surface area contributed by atoms with Crippen LogP contribution >= 0.6 is 11.8 Å². The summed E-state index contributed by atoms with van der Waals surface area (Å²) >= 11 is 1.25. The van der Waals surface area contributed by atoms with Crippen molar-refractivity contribution in [2.24, 2.45) is 0 Å². The van der Waals surface area contributed by atoms with Crippen molar-refractivity contribution >= 4 is 28.6 Å². The first-order valence-electron chi connectivity index (χ1n) is 10.8. The quantitative estimate of drug-likeness (QED) is 0.248. The largest absolute Gasteiger partial charge is 0.370 e. The van der Waals surface area contributed by atoms with E-state index in [0.29, 0.717) is 40.5 Å². The number of carbonyl (C=O) groups excluding carboxylic acids is 1. The molecule has 0 N–H and O–H groups in total. The second-order valence-corrected chi connectivity index (χ2v) is 9.58. The summed E-state index contributed by atoms with van der Waals surface area (Å²) in [5, 5.41) is 0.890. The lowest BCUT2D eigenvalue weighted by Crippen LogP contribution is -2.33. The molecule has 6 nitrogen and oxygen atoms in total. The predicted octanol–water partition coefficient (Wildman–Crippen LogP) is 4.61. The summed E-state index contributed by atoms with van der Waals surface area (Å²) in [5.41, 5.74) is 3.03. The Labute approximate surface area is 195 Å². The van der Waals surface area contributed by atoms with Gasteiger partial charge >= 0.3 is 0 Å². The molecule has 5 rings (SSSR count). The van der Waals surface area contributed by atoms with Gasteiger partial charge < -0.3 is 4.74 Å². The highest BCUT2D eigenvalue weighted by molar-refractivity contribution is 7.99. The molecule has 7 heteroatoms. The van der Waals surface area contributed by atoms with E-state index >= 15 is 0 Å². The minimum atomic E-state index is -0.313. The zero-order chi connectivity index (χ0) is 23.0. The van der Waals surface area contributed by atoms with Crippen LogP contribution in [-0.4, -0.2) is 31.7 Å². The number of para-hydroxylation sites is 1. The number of nitrogens with zero attached hydrogens (tertiary/aromatic N) is 3. The third-order valence-corrected chi connectivity index (χ3v) is 6.59. The molecule has 0 saturated carbocycles. The Morgan fingerprint density at radius 2 is 1.76 bits per heavy atom. The second kappa shape index (κ2) is 8.57. The van der Waals surface area contributed by atoms with E-state index in [0.717, 1.165) is 11.3 Å². The number of pyridine rings is 1. The molecule has 2 aromatic heterocycles. The molecule has 0 saturated heterocycles. The SMILES string of the molecule is CC1(C)Cc2nc3nc(SCC(=O)c4ccccc4)n(-c4ccccc4)c(=O)c3cc2CO1. The fraction of sp³-hybridized carbons (Fsp3) is 0.231. The molecule has 166 valence electrons. The topological polar surface area (TPSA) is 74.1 Å². The van der Waals surface area contributed by atoms with E-state index in [9.17, 15) is 9.59 Å². The lowest BCUT2D eigenvalue weighted by atomic mass is 9.95. The Hall–Kier alpha value is -3.29. The Kier molecular flexibility index (Phi) is 5.60. The molecule has 0 aliphatic carbocycles. The van der Waals surface area contributed by atoms with Crippen molar-refractivity contribution < 1.29 is 9.53 Å². The number of Topliss-reactive ketones (excluding diaryl/α,β-unsaturated/α-hetero) is 1. The zero-order valence-electron chi connectivity index (χ0n) is 18.4. The van der Waals surface area contributed by atoms with Gasteiger partial charge in [0.2, 0.25) is 0 Å². The van der Waals surface area contributed by atoms with Crippen molar-refractivity contribution in [1.82, 2.24) is 14.5 Å². The Morgan fingerprint density at radius 3 is 2.48 bits per heavy atom. The molecule has 2 aromatic carbocycles. The van der Waals surface area contributed by atoms with E-state index < -0.39 is 0 Å². The number of hydrogen-bond acceptors (Lipinski definition) is 6. The molecular weight excluding hydrogens is 434 g/mol. The fourth-order valence-electron chi connectivity index (χ4n) is 3.92. The molecule has 1 aliphatic rings. The van der Waals surface area contributed by atoms with E-state index in [1.807, 2.05) is 68.4 Å². The van der Waals surface area contributed by atoms with Crippen LogP contribution in [0.4, 0.5) is 0 Å². The van der Waals surface area contributed by atoms with Crippen molar-refractivity contribution in [1.29, 1.82) is 0 Å². The van der Waals surface area contributed by atoms with E-state index in [1.165, 1.54) is 11.8 Å². The summed E-state index contributed by atoms with van der Waals surface area (Å²) in [4.78, 5) is 35.8. The maximum Gasteiger partial charge on any atom is 0.268 e. The minimum absolute atomic E-state index is 0.0214. The number of carbonyl (C=O) groups is 1. The number of ether oxygens (including phenoxy) is 1. The van der Waals surface area contributed by atoms with Crippen LogP contribution in [0.2, 0.25) is 0 Å². The first-order chi connectivity index (χ1) is 15.9. The van der Waals surface area contributed by atoms with Gasteiger partial charge in [0.1, 0.15) is 0 Å². The number of hydrogen-bond donors (Lipinski definition) is 0. The van der Waals surface area contributed by atoms with Gasteiger partial charge in [-0.2, -0.15) is 0 Å². The standard InChI is InChI=1S/C26H23N3O3S/c1-26(2)14-21-18(15-32-26)13-20-23(27-21)28-25(29(24(20)31)19-11-7-4-8-12-19)33-16-22(30)17-9-5-3-6-10-17/h3-13H,14-16H2,1-2H3. The third-order valence-electron chi connectivity index (χ3n) is 5.65. The highest BCUT2D eigenvalue weighted by atomic mass is 32.2. The number of fused-ring (bicyclic) bond motifs is 2. The van der Waals surface area contributed by atoms with Gasteiger partial charge in [-0.05, 0) is 32.0 Å². The van der Waals surface area contributed by atoms with Crippen molar-refractivity contribution in [3.05, 3.63) is 93.9 Å². The van der Waals surface area contributed by atoms with Gasteiger partial charge in [0.25, 0.3) is 5.56 Å². The van der Waals surface area contributed by atoms with Gasteiger partial charge in [-0.1, -0.05) is 60.3 Å². The van der Waals surface area contributed by atoms with Crippen LogP contribution in [0, 0.1) is 0 Å². The van der Waals surface area contributed by atoms with Crippen LogP contribution in [0.15, 0.2) is 76.7 Å². The maximum absolute atomic E-state index is 13.6. The molecular formula is C26H23N3O3S. The first-order valence-corrected chi connectivity index (χ1v) is 11.8. The number of aromatic nitrogens is 3. The number of thioether (sulfide) groups is 1. The van der Waals surface area contributed by atoms with Gasteiger partial charge in [-0.15, -0.1) is 0 Å². The van der Waals surface area contributed by atoms with Crippen LogP contribution in [0.5, 0.6) is 0 Å². The highest BCUT2D eigenvalue weighted by Gasteiger charge is 2.28. The zero-order valence-corrected chi connectivity index (χ0v) is 19.3. The smallest absolute Gasteiger partial charge is 0.268 e. The van der Waals surface area contributed by atoms with Gasteiger partial charge in [0.05, 0.1) is 34.7 Å². The molecule has 0 unspecified atom stereocenters. The summed E-state index contributed by atoms with van der Waals surface area (Å²) in [6, 6.07) is 20.3. The van der Waals surface area contributed by atoms with Gasteiger partial charge in [-0.3, -0.25) is 14.2 Å². The van der Waals surface area contributed by atoms with Crippen LogP contribution in [0.3, 0.4) is 0 Å². The van der Waals surface area contributed by atoms with E-state index in [4.69, 9.17) is 14.7 Å². The Balaban J connectivity index is 1.61. The Morgan fingerprint density at radius 1 is 1.06 bits per heavy atom. The molecule has 4 aromatic rings. The van der Waals surface area contributed by atoms with Crippen molar-refractivity contribution in [2.45, 2.75) is 37.6 Å². The minimum Gasteiger partial charge on any atom is -0.370 e. The molecule has 1 aliphatic heterocycles. The third kappa shape index (κ3) is 4.34. The number of benzene rings is 2. The van der Waals surface area contributed by atoms with Crippen LogP contribution in [0.1, 0.15) is 35.5 Å². The summed E-state index contributed by atoms with van der Waals surface area (Å²) in [6.07, 6.45) is 0.649. The van der Waals surface area contributed by atoms with E-state index in [1.54, 1.807) is 16.7 Å². The summed E-state index contributed by atoms with van der Waals surface area (Å²) in [6.45, 7) is 4.47. The average Bonchev–Trinajstić information content (AvgIpc) is 2.82. The monoisotopic (exact) mass is 457 g/mol.